The molecule has 3 aromatic carbocycles. The molecule has 0 aliphatic carbocycles. The Morgan fingerprint density at radius 2 is 1.50 bits per heavy atom. The lowest BCUT2D eigenvalue weighted by molar-refractivity contribution is -0.142. The Hall–Kier alpha value is -3.65. The summed E-state index contributed by atoms with van der Waals surface area (Å²) in [6, 6.07) is 22.6. The molecule has 0 fully saturated rings. The predicted molar refractivity (Wildman–Crippen MR) is 171 cm³/mol. The minimum Gasteiger partial charge on any atom is -0.350 e. The molecule has 226 valence electrons. The van der Waals surface area contributed by atoms with Crippen LogP contribution in [0.1, 0.15) is 61.4 Å². The average molecular weight is 592 g/mol. The summed E-state index contributed by atoms with van der Waals surface area (Å²) in [6.07, 6.45) is 1.95. The third-order valence-electron chi connectivity index (χ3n) is 6.99. The predicted octanol–water partition coefficient (Wildman–Crippen LogP) is 5.71. The number of anilines is 1. The van der Waals surface area contributed by atoms with Crippen molar-refractivity contribution in [1.82, 2.24) is 10.2 Å². The van der Waals surface area contributed by atoms with E-state index in [1.54, 1.807) is 4.90 Å². The lowest BCUT2D eigenvalue weighted by Gasteiger charge is -2.34. The molecule has 1 N–H and O–H groups in total. The first-order valence-electron chi connectivity index (χ1n) is 14.4. The zero-order valence-corrected chi connectivity index (χ0v) is 26.8. The Balaban J connectivity index is 1.92. The molecule has 3 rings (SSSR count). The molecule has 0 aromatic heterocycles. The van der Waals surface area contributed by atoms with E-state index in [4.69, 9.17) is 0 Å². The maximum atomic E-state index is 14.0. The first-order chi connectivity index (χ1) is 19.6. The van der Waals surface area contributed by atoms with E-state index >= 15 is 0 Å². The van der Waals surface area contributed by atoms with Crippen LogP contribution < -0.4 is 9.62 Å². The van der Waals surface area contributed by atoms with E-state index in [9.17, 15) is 18.0 Å². The molecular formula is C34H45N3O4S. The van der Waals surface area contributed by atoms with Crippen LogP contribution in [0, 0.1) is 20.8 Å². The third-order valence-corrected chi connectivity index (χ3v) is 8.17. The van der Waals surface area contributed by atoms with Gasteiger partial charge in [-0.05, 0) is 76.3 Å². The van der Waals surface area contributed by atoms with Gasteiger partial charge in [-0.25, -0.2) is 8.42 Å². The standard InChI is InChI=1S/C34H45N3O4S/c1-25-13-11-16-29(21-25)24-36(31(33(39)35-34(4,5)6)23-28-14-9-8-10-15-28)32(38)17-12-20-37(42(7,40)41)30-22-26(2)18-19-27(30)3/h8-11,13-16,18-19,21-22,31H,12,17,20,23-24H2,1-7H3,(H,35,39). The Kier molecular flexibility index (Phi) is 11.0. The van der Waals surface area contributed by atoms with Gasteiger partial charge >= 0.3 is 0 Å². The van der Waals surface area contributed by atoms with Crippen molar-refractivity contribution >= 4 is 27.5 Å². The molecule has 3 aromatic rings. The van der Waals surface area contributed by atoms with Gasteiger partial charge in [0.25, 0.3) is 0 Å². The molecule has 7 nitrogen and oxygen atoms in total. The van der Waals surface area contributed by atoms with Gasteiger partial charge in [-0.15, -0.1) is 0 Å². The van der Waals surface area contributed by atoms with Crippen molar-refractivity contribution in [3.8, 4) is 0 Å². The smallest absolute Gasteiger partial charge is 0.243 e. The molecular weight excluding hydrogens is 546 g/mol. The van der Waals surface area contributed by atoms with Gasteiger partial charge in [-0.3, -0.25) is 13.9 Å². The Labute approximate surface area is 252 Å². The minimum absolute atomic E-state index is 0.0940. The second-order valence-corrected chi connectivity index (χ2v) is 14.1. The first-order valence-corrected chi connectivity index (χ1v) is 16.2. The third kappa shape index (κ3) is 9.72. The Bertz CT molecular complexity index is 1480. The highest BCUT2D eigenvalue weighted by molar-refractivity contribution is 7.92. The molecule has 1 atom stereocenters. The lowest BCUT2D eigenvalue weighted by atomic mass is 10.00. The summed E-state index contributed by atoms with van der Waals surface area (Å²) in [5.41, 5.74) is 4.89. The molecule has 0 saturated carbocycles. The fourth-order valence-corrected chi connectivity index (χ4v) is 6.00. The zero-order chi connectivity index (χ0) is 31.1. The quantitative estimate of drug-likeness (QED) is 0.292. The summed E-state index contributed by atoms with van der Waals surface area (Å²) in [6.45, 7) is 12.0. The van der Waals surface area contributed by atoms with Crippen molar-refractivity contribution in [2.75, 3.05) is 17.1 Å². The van der Waals surface area contributed by atoms with Crippen LogP contribution in [0.15, 0.2) is 72.8 Å². The van der Waals surface area contributed by atoms with Gasteiger partial charge in [0, 0.05) is 31.5 Å². The van der Waals surface area contributed by atoms with Crippen LogP contribution in [0.2, 0.25) is 0 Å². The number of benzene rings is 3. The first kappa shape index (κ1) is 32.9. The highest BCUT2D eigenvalue weighted by atomic mass is 32.2. The van der Waals surface area contributed by atoms with E-state index in [1.165, 1.54) is 10.6 Å². The average Bonchev–Trinajstić information content (AvgIpc) is 2.89. The molecule has 8 heteroatoms. The molecule has 0 aliphatic heterocycles. The zero-order valence-electron chi connectivity index (χ0n) is 26.0. The molecule has 1 unspecified atom stereocenters. The van der Waals surface area contributed by atoms with Gasteiger partial charge < -0.3 is 10.2 Å². The molecule has 0 radical (unpaired) electrons. The number of nitrogens with zero attached hydrogens (tertiary/aromatic N) is 2. The van der Waals surface area contributed by atoms with E-state index in [1.807, 2.05) is 114 Å². The van der Waals surface area contributed by atoms with E-state index in [0.717, 1.165) is 27.8 Å². The Morgan fingerprint density at radius 1 is 0.857 bits per heavy atom. The number of hydrogen-bond donors (Lipinski definition) is 1. The maximum absolute atomic E-state index is 14.0. The SMILES string of the molecule is Cc1cccc(CN(C(=O)CCCN(c2cc(C)ccc2C)S(C)(=O)=O)C(Cc2ccccc2)C(=O)NC(C)(C)C)c1. The summed E-state index contributed by atoms with van der Waals surface area (Å²) in [5, 5.41) is 3.08. The molecule has 0 heterocycles. The summed E-state index contributed by atoms with van der Waals surface area (Å²) in [7, 11) is -3.58. The maximum Gasteiger partial charge on any atom is 0.243 e. The number of hydrogen-bond acceptors (Lipinski definition) is 4. The van der Waals surface area contributed by atoms with Crippen LogP contribution in [-0.4, -0.2) is 49.5 Å². The molecule has 2 amide bonds. The number of carbonyl (C=O) groups excluding carboxylic acids is 2. The van der Waals surface area contributed by atoms with Crippen LogP contribution in [0.25, 0.3) is 0 Å². The fourth-order valence-electron chi connectivity index (χ4n) is 4.98. The fraction of sp³-hybridized carbons (Fsp3) is 0.412. The molecule has 0 spiro atoms. The molecule has 0 saturated heterocycles. The summed E-state index contributed by atoms with van der Waals surface area (Å²) < 4.78 is 27.0. The molecule has 0 aliphatic rings. The number of carbonyl (C=O) groups is 2. The number of sulfonamides is 1. The topological polar surface area (TPSA) is 86.8 Å². The van der Waals surface area contributed by atoms with Gasteiger partial charge in [-0.1, -0.05) is 72.3 Å². The number of amides is 2. The summed E-state index contributed by atoms with van der Waals surface area (Å²) >= 11 is 0. The highest BCUT2D eigenvalue weighted by Gasteiger charge is 2.32. The van der Waals surface area contributed by atoms with Crippen LogP contribution >= 0.6 is 0 Å². The highest BCUT2D eigenvalue weighted by Crippen LogP contribution is 2.25. The van der Waals surface area contributed by atoms with Gasteiger partial charge in [0.2, 0.25) is 21.8 Å². The number of nitrogens with one attached hydrogen (secondary N) is 1. The number of aryl methyl sites for hydroxylation is 3. The van der Waals surface area contributed by atoms with Crippen LogP contribution in [0.5, 0.6) is 0 Å². The van der Waals surface area contributed by atoms with Crippen molar-refractivity contribution in [1.29, 1.82) is 0 Å². The van der Waals surface area contributed by atoms with E-state index in [2.05, 4.69) is 5.32 Å². The van der Waals surface area contributed by atoms with Crippen molar-refractivity contribution in [3.05, 3.63) is 101 Å². The molecule has 0 bridgehead atoms. The van der Waals surface area contributed by atoms with E-state index in [0.29, 0.717) is 18.5 Å². The van der Waals surface area contributed by atoms with Crippen molar-refractivity contribution in [2.45, 2.75) is 78.9 Å². The van der Waals surface area contributed by atoms with Gasteiger partial charge in [0.05, 0.1) is 11.9 Å². The summed E-state index contributed by atoms with van der Waals surface area (Å²) in [5.74, 6) is -0.420. The summed E-state index contributed by atoms with van der Waals surface area (Å²) in [4.78, 5) is 29.4. The van der Waals surface area contributed by atoms with E-state index in [-0.39, 0.29) is 31.3 Å². The van der Waals surface area contributed by atoms with Gasteiger partial charge in [-0.2, -0.15) is 0 Å². The van der Waals surface area contributed by atoms with Gasteiger partial charge in [0.1, 0.15) is 6.04 Å². The van der Waals surface area contributed by atoms with Crippen molar-refractivity contribution in [3.63, 3.8) is 0 Å². The molecule has 42 heavy (non-hydrogen) atoms. The van der Waals surface area contributed by atoms with E-state index < -0.39 is 21.6 Å². The largest absolute Gasteiger partial charge is 0.350 e. The van der Waals surface area contributed by atoms with Crippen LogP contribution in [0.3, 0.4) is 0 Å². The minimum atomic E-state index is -3.58. The Morgan fingerprint density at radius 3 is 2.12 bits per heavy atom. The van der Waals surface area contributed by atoms with Gasteiger partial charge in [0.15, 0.2) is 0 Å². The van der Waals surface area contributed by atoms with Crippen LogP contribution in [0.4, 0.5) is 5.69 Å². The second kappa shape index (κ2) is 14.0. The normalized spacial score (nSPS) is 12.5. The monoisotopic (exact) mass is 591 g/mol. The van der Waals surface area contributed by atoms with Crippen LogP contribution in [-0.2, 0) is 32.6 Å². The lowest BCUT2D eigenvalue weighted by Crippen LogP contribution is -2.54. The number of rotatable bonds is 12. The van der Waals surface area contributed by atoms with Crippen molar-refractivity contribution in [2.24, 2.45) is 0 Å². The second-order valence-electron chi connectivity index (χ2n) is 12.2. The van der Waals surface area contributed by atoms with Crippen molar-refractivity contribution < 1.29 is 18.0 Å².